The number of H-pyrrole nitrogens is 1. The third kappa shape index (κ3) is 3.53. The Balaban J connectivity index is 1.77. The van der Waals surface area contributed by atoms with Crippen molar-refractivity contribution in [2.75, 3.05) is 12.4 Å². The van der Waals surface area contributed by atoms with E-state index in [9.17, 15) is 14.7 Å². The summed E-state index contributed by atoms with van der Waals surface area (Å²) in [5, 5.41) is 15.9. The zero-order chi connectivity index (χ0) is 17.8. The van der Waals surface area contributed by atoms with E-state index in [2.05, 4.69) is 15.6 Å². The van der Waals surface area contributed by atoms with E-state index in [1.54, 1.807) is 6.08 Å². The average Bonchev–Trinajstić information content (AvgIpc) is 3.04. The Kier molecular flexibility index (Phi) is 4.52. The van der Waals surface area contributed by atoms with Gasteiger partial charge in [0.1, 0.15) is 5.75 Å². The molecule has 0 bridgehead atoms. The number of hydrogen-bond donors (Lipinski definition) is 4. The Hall–Kier alpha value is -3.54. The normalized spacial score (nSPS) is 10.9. The Morgan fingerprint density at radius 3 is 2.76 bits per heavy atom. The number of aromatic nitrogens is 1. The highest BCUT2D eigenvalue weighted by Gasteiger charge is 2.09. The van der Waals surface area contributed by atoms with E-state index >= 15 is 0 Å². The molecule has 0 atom stereocenters. The minimum absolute atomic E-state index is 0.110. The predicted octanol–water partition coefficient (Wildman–Crippen LogP) is 2.89. The van der Waals surface area contributed by atoms with Gasteiger partial charge in [-0.3, -0.25) is 9.59 Å². The van der Waals surface area contributed by atoms with E-state index in [1.165, 1.54) is 31.3 Å². The van der Waals surface area contributed by atoms with E-state index in [4.69, 9.17) is 0 Å². The third-order valence-corrected chi connectivity index (χ3v) is 3.78. The van der Waals surface area contributed by atoms with Crippen molar-refractivity contribution in [2.45, 2.75) is 0 Å². The number of anilines is 1. The van der Waals surface area contributed by atoms with Gasteiger partial charge in [-0.1, -0.05) is 18.2 Å². The molecule has 0 radical (unpaired) electrons. The molecule has 2 aromatic carbocycles. The highest BCUT2D eigenvalue weighted by molar-refractivity contribution is 6.05. The van der Waals surface area contributed by atoms with Crippen molar-refractivity contribution in [3.63, 3.8) is 0 Å². The van der Waals surface area contributed by atoms with Gasteiger partial charge in [0, 0.05) is 35.8 Å². The molecule has 1 aromatic heterocycles. The maximum absolute atomic E-state index is 12.1. The largest absolute Gasteiger partial charge is 0.506 e. The molecule has 0 fully saturated rings. The van der Waals surface area contributed by atoms with Gasteiger partial charge in [-0.15, -0.1) is 0 Å². The molecular formula is C19H17N3O3. The molecular weight excluding hydrogens is 318 g/mol. The number of benzene rings is 2. The molecule has 0 aliphatic heterocycles. The van der Waals surface area contributed by atoms with Gasteiger partial charge in [0.25, 0.3) is 5.91 Å². The maximum atomic E-state index is 12.1. The highest BCUT2D eigenvalue weighted by atomic mass is 16.3. The zero-order valence-electron chi connectivity index (χ0n) is 13.5. The number of phenols is 1. The monoisotopic (exact) mass is 335 g/mol. The van der Waals surface area contributed by atoms with Crippen LogP contribution in [-0.2, 0) is 4.79 Å². The number of fused-ring (bicyclic) bond motifs is 1. The smallest absolute Gasteiger partial charge is 0.251 e. The standard InChI is InChI=1S/C19H17N3O3/c1-20-19(25)12-6-8-17(23)16(10-12)22-18(24)9-7-13-11-21-15-5-3-2-4-14(13)15/h2-11,21,23H,1H3,(H,20,25)(H,22,24). The van der Waals surface area contributed by atoms with Crippen LogP contribution in [0.15, 0.2) is 54.7 Å². The lowest BCUT2D eigenvalue weighted by molar-refractivity contribution is -0.111. The Bertz CT molecular complexity index is 973. The lowest BCUT2D eigenvalue weighted by atomic mass is 10.1. The molecule has 0 aliphatic carbocycles. The fourth-order valence-corrected chi connectivity index (χ4v) is 2.49. The predicted molar refractivity (Wildman–Crippen MR) is 97.5 cm³/mol. The number of phenolic OH excluding ortho intramolecular Hbond substituents is 1. The molecule has 0 spiro atoms. The van der Waals surface area contributed by atoms with Crippen LogP contribution in [-0.4, -0.2) is 29.0 Å². The number of rotatable bonds is 4. The topological polar surface area (TPSA) is 94.2 Å². The van der Waals surface area contributed by atoms with Crippen LogP contribution in [0.4, 0.5) is 5.69 Å². The summed E-state index contributed by atoms with van der Waals surface area (Å²) in [6.45, 7) is 0. The van der Waals surface area contributed by atoms with E-state index in [0.717, 1.165) is 16.5 Å². The fraction of sp³-hybridized carbons (Fsp3) is 0.0526. The number of para-hydroxylation sites is 1. The van der Waals surface area contributed by atoms with E-state index in [-0.39, 0.29) is 17.3 Å². The molecule has 2 amide bonds. The molecule has 3 rings (SSSR count). The lowest BCUT2D eigenvalue weighted by Crippen LogP contribution is -2.18. The number of aromatic hydroxyl groups is 1. The second-order valence-corrected chi connectivity index (χ2v) is 5.42. The molecule has 6 nitrogen and oxygen atoms in total. The first-order valence-corrected chi connectivity index (χ1v) is 7.69. The summed E-state index contributed by atoms with van der Waals surface area (Å²) in [5.74, 6) is -0.819. The Morgan fingerprint density at radius 1 is 1.16 bits per heavy atom. The van der Waals surface area contributed by atoms with Crippen LogP contribution in [0.3, 0.4) is 0 Å². The molecule has 6 heteroatoms. The molecule has 1 heterocycles. The van der Waals surface area contributed by atoms with E-state index < -0.39 is 5.91 Å². The summed E-state index contributed by atoms with van der Waals surface area (Å²) in [5.41, 5.74) is 2.39. The maximum Gasteiger partial charge on any atom is 0.251 e. The number of aromatic amines is 1. The number of hydrogen-bond acceptors (Lipinski definition) is 3. The van der Waals surface area contributed by atoms with Gasteiger partial charge in [-0.2, -0.15) is 0 Å². The van der Waals surface area contributed by atoms with Gasteiger partial charge in [0.2, 0.25) is 5.91 Å². The SMILES string of the molecule is CNC(=O)c1ccc(O)c(NC(=O)C=Cc2c[nH]c3ccccc23)c1. The molecule has 0 saturated carbocycles. The summed E-state index contributed by atoms with van der Waals surface area (Å²) in [4.78, 5) is 26.9. The quantitative estimate of drug-likeness (QED) is 0.436. The van der Waals surface area contributed by atoms with Crippen LogP contribution in [0, 0.1) is 0 Å². The number of carbonyl (C=O) groups excluding carboxylic acids is 2. The molecule has 3 aromatic rings. The Morgan fingerprint density at radius 2 is 1.96 bits per heavy atom. The van der Waals surface area contributed by atoms with Crippen LogP contribution in [0.25, 0.3) is 17.0 Å². The van der Waals surface area contributed by atoms with E-state index in [0.29, 0.717) is 5.56 Å². The van der Waals surface area contributed by atoms with Gasteiger partial charge >= 0.3 is 0 Å². The van der Waals surface area contributed by atoms with Gasteiger partial charge in [-0.25, -0.2) is 0 Å². The summed E-state index contributed by atoms with van der Waals surface area (Å²) in [6, 6.07) is 12.0. The van der Waals surface area contributed by atoms with Gasteiger partial charge in [0.15, 0.2) is 0 Å². The summed E-state index contributed by atoms with van der Waals surface area (Å²) in [6.07, 6.45) is 4.88. The van der Waals surface area contributed by atoms with Crippen molar-refractivity contribution in [1.82, 2.24) is 10.3 Å². The zero-order valence-corrected chi connectivity index (χ0v) is 13.5. The number of amides is 2. The lowest BCUT2D eigenvalue weighted by Gasteiger charge is -2.07. The number of nitrogens with one attached hydrogen (secondary N) is 3. The van der Waals surface area contributed by atoms with Crippen molar-refractivity contribution in [2.24, 2.45) is 0 Å². The van der Waals surface area contributed by atoms with Crippen molar-refractivity contribution in [1.29, 1.82) is 0 Å². The van der Waals surface area contributed by atoms with Crippen LogP contribution in [0.5, 0.6) is 5.75 Å². The van der Waals surface area contributed by atoms with E-state index in [1.807, 2.05) is 30.5 Å². The highest BCUT2D eigenvalue weighted by Crippen LogP contribution is 2.24. The molecule has 4 N–H and O–H groups in total. The summed E-state index contributed by atoms with van der Waals surface area (Å²) in [7, 11) is 1.51. The minimum Gasteiger partial charge on any atom is -0.506 e. The minimum atomic E-state index is -0.408. The van der Waals surface area contributed by atoms with Crippen molar-refractivity contribution in [3.05, 3.63) is 65.9 Å². The molecule has 126 valence electrons. The molecule has 0 aliphatic rings. The van der Waals surface area contributed by atoms with Crippen molar-refractivity contribution < 1.29 is 14.7 Å². The first-order valence-electron chi connectivity index (χ1n) is 7.69. The fourth-order valence-electron chi connectivity index (χ4n) is 2.49. The van der Waals surface area contributed by atoms with Crippen LogP contribution in [0.1, 0.15) is 15.9 Å². The molecule has 0 unspecified atom stereocenters. The van der Waals surface area contributed by atoms with Crippen LogP contribution >= 0.6 is 0 Å². The first-order chi connectivity index (χ1) is 12.1. The van der Waals surface area contributed by atoms with Crippen LogP contribution in [0.2, 0.25) is 0 Å². The summed E-state index contributed by atoms with van der Waals surface area (Å²) < 4.78 is 0. The second kappa shape index (κ2) is 6.92. The van der Waals surface area contributed by atoms with Gasteiger partial charge in [-0.05, 0) is 35.9 Å². The Labute approximate surface area is 144 Å². The van der Waals surface area contributed by atoms with Gasteiger partial charge < -0.3 is 20.7 Å². The number of carbonyl (C=O) groups is 2. The third-order valence-electron chi connectivity index (χ3n) is 3.78. The van der Waals surface area contributed by atoms with Crippen molar-refractivity contribution in [3.8, 4) is 5.75 Å². The average molecular weight is 335 g/mol. The van der Waals surface area contributed by atoms with Crippen LogP contribution < -0.4 is 10.6 Å². The first kappa shape index (κ1) is 16.3. The second-order valence-electron chi connectivity index (χ2n) is 5.42. The summed E-state index contributed by atoms with van der Waals surface area (Å²) >= 11 is 0. The van der Waals surface area contributed by atoms with Crippen molar-refractivity contribution >= 4 is 34.5 Å². The molecule has 0 saturated heterocycles. The molecule has 25 heavy (non-hydrogen) atoms. The van der Waals surface area contributed by atoms with Gasteiger partial charge in [0.05, 0.1) is 5.69 Å².